The van der Waals surface area contributed by atoms with E-state index in [2.05, 4.69) is 15.3 Å². The molecule has 24 heavy (non-hydrogen) atoms. The zero-order chi connectivity index (χ0) is 17.1. The lowest BCUT2D eigenvalue weighted by Crippen LogP contribution is -1.96. The van der Waals surface area contributed by atoms with Crippen molar-refractivity contribution in [1.29, 1.82) is 0 Å². The molecule has 2 aromatic carbocycles. The van der Waals surface area contributed by atoms with Crippen molar-refractivity contribution in [2.75, 3.05) is 7.11 Å². The maximum atomic E-state index is 6.17. The van der Waals surface area contributed by atoms with E-state index in [1.807, 2.05) is 30.3 Å². The van der Waals surface area contributed by atoms with Crippen molar-refractivity contribution in [3.05, 3.63) is 62.8 Å². The minimum atomic E-state index is 0.363. The summed E-state index contributed by atoms with van der Waals surface area (Å²) in [6, 6.07) is 12.8. The Morgan fingerprint density at radius 3 is 2.83 bits per heavy atom. The number of aromatic nitrogens is 3. The van der Waals surface area contributed by atoms with Gasteiger partial charge in [0.25, 0.3) is 0 Å². The van der Waals surface area contributed by atoms with E-state index >= 15 is 0 Å². The Morgan fingerprint density at radius 2 is 2.04 bits per heavy atom. The van der Waals surface area contributed by atoms with Crippen molar-refractivity contribution in [3.63, 3.8) is 0 Å². The summed E-state index contributed by atoms with van der Waals surface area (Å²) in [5.74, 6) is 1.28. The molecule has 5 nitrogen and oxygen atoms in total. The van der Waals surface area contributed by atoms with Crippen LogP contribution in [0.15, 0.2) is 47.6 Å². The number of aromatic amines is 1. The monoisotopic (exact) mass is 378 g/mol. The van der Waals surface area contributed by atoms with E-state index in [9.17, 15) is 0 Å². The Bertz CT molecular complexity index is 965. The number of benzene rings is 2. The maximum Gasteiger partial charge on any atom is 0.216 e. The van der Waals surface area contributed by atoms with E-state index in [4.69, 9.17) is 40.2 Å². The van der Waals surface area contributed by atoms with Crippen LogP contribution in [-0.2, 0) is 0 Å². The van der Waals surface area contributed by atoms with Crippen LogP contribution in [0.5, 0.6) is 5.75 Å². The van der Waals surface area contributed by atoms with Gasteiger partial charge in [0.1, 0.15) is 5.75 Å². The van der Waals surface area contributed by atoms with Gasteiger partial charge in [0.05, 0.1) is 23.4 Å². The highest BCUT2D eigenvalue weighted by Crippen LogP contribution is 2.25. The zero-order valence-electron chi connectivity index (χ0n) is 12.5. The highest BCUT2D eigenvalue weighted by atomic mass is 35.5. The number of H-pyrrole nitrogens is 1. The minimum absolute atomic E-state index is 0.363. The number of rotatable bonds is 4. The quantitative estimate of drug-likeness (QED) is 0.523. The fraction of sp³-hybridized carbons (Fsp3) is 0.0625. The Hall–Kier alpha value is -2.15. The Labute approximate surface area is 153 Å². The van der Waals surface area contributed by atoms with Gasteiger partial charge in [-0.3, -0.25) is 0 Å². The summed E-state index contributed by atoms with van der Waals surface area (Å²) in [6.07, 6.45) is 1.59. The summed E-state index contributed by atoms with van der Waals surface area (Å²) in [4.78, 5) is 0. The topological polar surface area (TPSA) is 55.2 Å². The van der Waals surface area contributed by atoms with Crippen LogP contribution in [0.3, 0.4) is 0 Å². The molecule has 0 spiro atoms. The van der Waals surface area contributed by atoms with E-state index < -0.39 is 0 Å². The third-order valence-corrected chi connectivity index (χ3v) is 4.37. The summed E-state index contributed by atoms with van der Waals surface area (Å²) in [7, 11) is 1.61. The molecule has 8 heteroatoms. The predicted octanol–water partition coefficient (Wildman–Crippen LogP) is 4.81. The first-order valence-electron chi connectivity index (χ1n) is 6.90. The third kappa shape index (κ3) is 3.36. The normalized spacial score (nSPS) is 11.1. The summed E-state index contributed by atoms with van der Waals surface area (Å²) in [6.45, 7) is 0. The summed E-state index contributed by atoms with van der Waals surface area (Å²) < 4.78 is 7.12. The van der Waals surface area contributed by atoms with Crippen molar-refractivity contribution in [3.8, 4) is 17.1 Å². The second kappa shape index (κ2) is 7.17. The van der Waals surface area contributed by atoms with E-state index in [0.29, 0.717) is 26.2 Å². The van der Waals surface area contributed by atoms with Crippen molar-refractivity contribution >= 4 is 41.6 Å². The van der Waals surface area contributed by atoms with E-state index in [1.54, 1.807) is 25.5 Å². The van der Waals surface area contributed by atoms with Crippen LogP contribution in [-0.4, -0.2) is 28.2 Å². The highest BCUT2D eigenvalue weighted by Gasteiger charge is 2.09. The second-order valence-electron chi connectivity index (χ2n) is 4.78. The van der Waals surface area contributed by atoms with Crippen molar-refractivity contribution in [2.24, 2.45) is 5.10 Å². The first-order valence-corrected chi connectivity index (χ1v) is 8.07. The number of nitrogens with one attached hydrogen (secondary N) is 1. The smallest absolute Gasteiger partial charge is 0.216 e. The third-order valence-electron chi connectivity index (χ3n) is 3.27. The number of hydrogen-bond donors (Lipinski definition) is 1. The predicted molar refractivity (Wildman–Crippen MR) is 98.9 cm³/mol. The largest absolute Gasteiger partial charge is 0.497 e. The number of hydrogen-bond acceptors (Lipinski definition) is 4. The van der Waals surface area contributed by atoms with E-state index in [1.165, 1.54) is 4.68 Å². The molecule has 0 unspecified atom stereocenters. The fourth-order valence-electron chi connectivity index (χ4n) is 2.09. The van der Waals surface area contributed by atoms with E-state index in [-0.39, 0.29) is 0 Å². The van der Waals surface area contributed by atoms with Crippen molar-refractivity contribution in [1.82, 2.24) is 14.9 Å². The lowest BCUT2D eigenvalue weighted by atomic mass is 10.2. The Morgan fingerprint density at radius 1 is 1.25 bits per heavy atom. The molecular formula is C16H12Cl2N4OS. The SMILES string of the molecule is COc1cccc(-c2n[nH]c(=S)n2/N=C\c2cccc(Cl)c2Cl)c1. The molecule has 0 aliphatic rings. The van der Waals surface area contributed by atoms with E-state index in [0.717, 1.165) is 11.3 Å². The molecule has 1 heterocycles. The van der Waals surface area contributed by atoms with Gasteiger partial charge in [-0.1, -0.05) is 47.5 Å². The van der Waals surface area contributed by atoms with Crippen LogP contribution in [0.4, 0.5) is 0 Å². The van der Waals surface area contributed by atoms with Gasteiger partial charge in [0.15, 0.2) is 5.82 Å². The molecule has 0 fully saturated rings. The van der Waals surface area contributed by atoms with Gasteiger partial charge in [0, 0.05) is 11.1 Å². The second-order valence-corrected chi connectivity index (χ2v) is 5.96. The number of methoxy groups -OCH3 is 1. The van der Waals surface area contributed by atoms with Crippen LogP contribution in [0.25, 0.3) is 11.4 Å². The number of ether oxygens (including phenoxy) is 1. The van der Waals surface area contributed by atoms with Crippen molar-refractivity contribution < 1.29 is 4.74 Å². The minimum Gasteiger partial charge on any atom is -0.497 e. The van der Waals surface area contributed by atoms with Gasteiger partial charge in [-0.05, 0) is 30.4 Å². The molecule has 3 rings (SSSR count). The van der Waals surface area contributed by atoms with Crippen LogP contribution in [0.2, 0.25) is 10.0 Å². The molecule has 3 aromatic rings. The zero-order valence-corrected chi connectivity index (χ0v) is 14.9. The molecule has 0 bridgehead atoms. The molecule has 1 N–H and O–H groups in total. The standard InChI is InChI=1S/C16H12Cl2N4OS/c1-23-12-6-2-4-10(8-12)15-20-21-16(24)22(15)19-9-11-5-3-7-13(17)14(11)18/h2-9H,1H3,(H,21,24)/b19-9-. The van der Waals surface area contributed by atoms with Gasteiger partial charge in [0.2, 0.25) is 4.77 Å². The maximum absolute atomic E-state index is 6.17. The molecule has 0 atom stereocenters. The summed E-state index contributed by atoms with van der Waals surface area (Å²) in [5, 5.41) is 12.2. The van der Waals surface area contributed by atoms with Crippen LogP contribution >= 0.6 is 35.4 Å². The van der Waals surface area contributed by atoms with Crippen LogP contribution in [0.1, 0.15) is 5.56 Å². The number of halogens is 2. The summed E-state index contributed by atoms with van der Waals surface area (Å²) in [5.41, 5.74) is 1.50. The molecular weight excluding hydrogens is 367 g/mol. The number of nitrogens with zero attached hydrogens (tertiary/aromatic N) is 3. The molecule has 0 saturated carbocycles. The average molecular weight is 379 g/mol. The summed E-state index contributed by atoms with van der Waals surface area (Å²) >= 11 is 17.4. The lowest BCUT2D eigenvalue weighted by molar-refractivity contribution is 0.415. The van der Waals surface area contributed by atoms with Gasteiger partial charge >= 0.3 is 0 Å². The highest BCUT2D eigenvalue weighted by molar-refractivity contribution is 7.71. The molecule has 0 saturated heterocycles. The first kappa shape index (κ1) is 16.7. The molecule has 0 amide bonds. The van der Waals surface area contributed by atoms with Gasteiger partial charge < -0.3 is 4.74 Å². The molecule has 0 aliphatic carbocycles. The average Bonchev–Trinajstić information content (AvgIpc) is 2.97. The molecule has 0 aliphatic heterocycles. The van der Waals surface area contributed by atoms with Gasteiger partial charge in [-0.15, -0.1) is 0 Å². The fourth-order valence-corrected chi connectivity index (χ4v) is 2.62. The Balaban J connectivity index is 2.03. The van der Waals surface area contributed by atoms with Gasteiger partial charge in [-0.2, -0.15) is 14.9 Å². The van der Waals surface area contributed by atoms with Crippen molar-refractivity contribution in [2.45, 2.75) is 0 Å². The first-order chi connectivity index (χ1) is 11.6. The molecule has 122 valence electrons. The van der Waals surface area contributed by atoms with Crippen LogP contribution < -0.4 is 4.74 Å². The molecule has 1 aromatic heterocycles. The lowest BCUT2D eigenvalue weighted by Gasteiger charge is -2.04. The Kier molecular flexibility index (Phi) is 4.99. The van der Waals surface area contributed by atoms with Gasteiger partial charge in [-0.25, -0.2) is 5.10 Å². The molecule has 0 radical (unpaired) electrons. The van der Waals surface area contributed by atoms with Crippen LogP contribution in [0, 0.1) is 4.77 Å².